The van der Waals surface area contributed by atoms with Crippen LogP contribution < -0.4 is 10.6 Å². The van der Waals surface area contributed by atoms with Crippen LogP contribution in [0.1, 0.15) is 19.8 Å². The Hall–Kier alpha value is -3.75. The SMILES string of the molecule is C[C@]12CCC3(O1)C(C(=O)Nc1ccc4ccccc4c1)N(CCO)C(=O)[C@@H]3[C@H]2C(=O)Nc1ccccc1. The molecule has 37 heavy (non-hydrogen) atoms. The maximum atomic E-state index is 13.8. The molecule has 3 fully saturated rings. The third-order valence-corrected chi connectivity index (χ3v) is 8.21. The number of benzene rings is 3. The van der Waals surface area contributed by atoms with E-state index in [1.807, 2.05) is 67.6 Å². The van der Waals surface area contributed by atoms with E-state index in [-0.39, 0.29) is 30.9 Å². The number of carbonyl (C=O) groups excluding carboxylic acids is 3. The molecule has 3 aromatic carbocycles. The molecule has 2 unspecified atom stereocenters. The average molecular weight is 500 g/mol. The Bertz CT molecular complexity index is 1390. The van der Waals surface area contributed by atoms with E-state index < -0.39 is 29.1 Å². The first-order chi connectivity index (χ1) is 17.9. The van der Waals surface area contributed by atoms with E-state index in [0.29, 0.717) is 24.2 Å². The van der Waals surface area contributed by atoms with Gasteiger partial charge in [-0.2, -0.15) is 0 Å². The molecule has 3 saturated heterocycles. The summed E-state index contributed by atoms with van der Waals surface area (Å²) in [6, 6.07) is 21.6. The van der Waals surface area contributed by atoms with Gasteiger partial charge < -0.3 is 25.4 Å². The second-order valence-electron chi connectivity index (χ2n) is 10.4. The Kier molecular flexibility index (Phi) is 5.54. The predicted molar refractivity (Wildman–Crippen MR) is 139 cm³/mol. The van der Waals surface area contributed by atoms with E-state index in [0.717, 1.165) is 10.8 Å². The second kappa shape index (κ2) is 8.68. The van der Waals surface area contributed by atoms with Crippen LogP contribution in [0.4, 0.5) is 11.4 Å². The van der Waals surface area contributed by atoms with Gasteiger partial charge >= 0.3 is 0 Å². The van der Waals surface area contributed by atoms with Crippen LogP contribution in [0.5, 0.6) is 0 Å². The number of hydrogen-bond acceptors (Lipinski definition) is 5. The molecular formula is C29H29N3O5. The van der Waals surface area contributed by atoms with Gasteiger partial charge in [-0.05, 0) is 54.8 Å². The molecule has 8 heteroatoms. The molecule has 3 aliphatic rings. The molecule has 3 heterocycles. The van der Waals surface area contributed by atoms with Crippen molar-refractivity contribution in [3.63, 3.8) is 0 Å². The highest BCUT2D eigenvalue weighted by Gasteiger charge is 2.77. The summed E-state index contributed by atoms with van der Waals surface area (Å²) in [5, 5.41) is 17.7. The second-order valence-corrected chi connectivity index (χ2v) is 10.4. The van der Waals surface area contributed by atoms with Crippen molar-refractivity contribution in [1.82, 2.24) is 4.90 Å². The topological polar surface area (TPSA) is 108 Å². The van der Waals surface area contributed by atoms with E-state index in [4.69, 9.17) is 4.74 Å². The van der Waals surface area contributed by atoms with Gasteiger partial charge in [-0.1, -0.05) is 48.5 Å². The van der Waals surface area contributed by atoms with E-state index in [2.05, 4.69) is 10.6 Å². The Morgan fingerprint density at radius 2 is 1.65 bits per heavy atom. The lowest BCUT2D eigenvalue weighted by molar-refractivity contribution is -0.143. The first-order valence-corrected chi connectivity index (χ1v) is 12.6. The van der Waals surface area contributed by atoms with Crippen LogP contribution in [0.3, 0.4) is 0 Å². The molecule has 2 bridgehead atoms. The summed E-state index contributed by atoms with van der Waals surface area (Å²) in [7, 11) is 0. The first kappa shape index (κ1) is 23.6. The van der Waals surface area contributed by atoms with Crippen molar-refractivity contribution in [1.29, 1.82) is 0 Å². The molecule has 3 N–H and O–H groups in total. The van der Waals surface area contributed by atoms with Crippen LogP contribution in [0.15, 0.2) is 72.8 Å². The van der Waals surface area contributed by atoms with Crippen molar-refractivity contribution in [2.45, 2.75) is 37.0 Å². The van der Waals surface area contributed by atoms with Crippen LogP contribution in [0.25, 0.3) is 10.8 Å². The first-order valence-electron chi connectivity index (χ1n) is 12.6. The number of para-hydroxylation sites is 1. The highest BCUT2D eigenvalue weighted by atomic mass is 16.5. The number of carbonyl (C=O) groups is 3. The Morgan fingerprint density at radius 1 is 0.946 bits per heavy atom. The number of aliphatic hydroxyl groups excluding tert-OH is 1. The van der Waals surface area contributed by atoms with E-state index in [1.54, 1.807) is 12.1 Å². The molecule has 0 saturated carbocycles. The largest absolute Gasteiger partial charge is 0.395 e. The number of hydrogen-bond donors (Lipinski definition) is 3. The minimum absolute atomic E-state index is 0.0139. The zero-order chi connectivity index (χ0) is 25.8. The lowest BCUT2D eigenvalue weighted by atomic mass is 9.66. The lowest BCUT2D eigenvalue weighted by Gasteiger charge is -2.33. The van der Waals surface area contributed by atoms with Gasteiger partial charge in [0.25, 0.3) is 0 Å². The summed E-state index contributed by atoms with van der Waals surface area (Å²) in [6.07, 6.45) is 1.03. The third-order valence-electron chi connectivity index (χ3n) is 8.21. The van der Waals surface area contributed by atoms with Crippen LogP contribution in [-0.4, -0.2) is 58.1 Å². The fraction of sp³-hybridized carbons (Fsp3) is 0.345. The molecule has 3 aliphatic heterocycles. The Morgan fingerprint density at radius 3 is 2.41 bits per heavy atom. The zero-order valence-corrected chi connectivity index (χ0v) is 20.5. The van der Waals surface area contributed by atoms with Gasteiger partial charge in [-0.3, -0.25) is 14.4 Å². The van der Waals surface area contributed by atoms with Crippen molar-refractivity contribution in [3.8, 4) is 0 Å². The van der Waals surface area contributed by atoms with E-state index >= 15 is 0 Å². The molecule has 0 aliphatic carbocycles. The molecule has 5 atom stereocenters. The highest BCUT2D eigenvalue weighted by Crippen LogP contribution is 2.63. The number of nitrogens with one attached hydrogen (secondary N) is 2. The molecule has 3 amide bonds. The van der Waals surface area contributed by atoms with Gasteiger partial charge in [0, 0.05) is 17.9 Å². The van der Waals surface area contributed by atoms with Gasteiger partial charge in [0.05, 0.1) is 24.0 Å². The lowest BCUT2D eigenvalue weighted by Crippen LogP contribution is -2.53. The molecule has 190 valence electrons. The van der Waals surface area contributed by atoms with Gasteiger partial charge in [0.2, 0.25) is 17.7 Å². The summed E-state index contributed by atoms with van der Waals surface area (Å²) >= 11 is 0. The fourth-order valence-electron chi connectivity index (χ4n) is 6.69. The average Bonchev–Trinajstić information content (AvgIpc) is 3.45. The minimum Gasteiger partial charge on any atom is -0.395 e. The summed E-state index contributed by atoms with van der Waals surface area (Å²) in [4.78, 5) is 42.5. The van der Waals surface area contributed by atoms with E-state index in [1.165, 1.54) is 4.90 Å². The number of rotatable bonds is 6. The van der Waals surface area contributed by atoms with Crippen LogP contribution in [0.2, 0.25) is 0 Å². The summed E-state index contributed by atoms with van der Waals surface area (Å²) < 4.78 is 6.57. The molecule has 1 spiro atoms. The minimum atomic E-state index is -1.14. The van der Waals surface area contributed by atoms with Crippen molar-refractivity contribution in [2.24, 2.45) is 11.8 Å². The number of fused-ring (bicyclic) bond motifs is 2. The van der Waals surface area contributed by atoms with Crippen LogP contribution in [-0.2, 0) is 19.1 Å². The van der Waals surface area contributed by atoms with Crippen LogP contribution in [0, 0.1) is 11.8 Å². The quantitative estimate of drug-likeness (QED) is 0.483. The third kappa shape index (κ3) is 3.62. The maximum Gasteiger partial charge on any atom is 0.250 e. The van der Waals surface area contributed by atoms with E-state index in [9.17, 15) is 19.5 Å². The van der Waals surface area contributed by atoms with Crippen molar-refractivity contribution < 1.29 is 24.2 Å². The van der Waals surface area contributed by atoms with Crippen molar-refractivity contribution in [3.05, 3.63) is 72.8 Å². The maximum absolute atomic E-state index is 13.8. The Labute approximate surface area is 214 Å². The van der Waals surface area contributed by atoms with Crippen LogP contribution >= 0.6 is 0 Å². The summed E-state index contributed by atoms with van der Waals surface area (Å²) in [6.45, 7) is 1.55. The number of likely N-dealkylation sites (tertiary alicyclic amines) is 1. The van der Waals surface area contributed by atoms with Crippen molar-refractivity contribution >= 4 is 39.9 Å². The summed E-state index contributed by atoms with van der Waals surface area (Å²) in [5.41, 5.74) is -0.764. The number of aliphatic hydroxyl groups is 1. The molecule has 6 rings (SSSR count). The smallest absolute Gasteiger partial charge is 0.250 e. The molecule has 0 radical (unpaired) electrons. The monoisotopic (exact) mass is 499 g/mol. The number of nitrogens with zero attached hydrogens (tertiary/aromatic N) is 1. The van der Waals surface area contributed by atoms with Gasteiger partial charge in [-0.25, -0.2) is 0 Å². The Balaban J connectivity index is 1.33. The number of β-amino-alcohol motifs (C(OH)–C–C–N with tert-alkyl or cyclic N) is 1. The standard InChI is InChI=1S/C29H29N3O5/c1-28-13-14-29(37-28)23(22(28)25(34)30-20-9-3-2-4-10-20)27(36)32(15-16-33)24(29)26(35)31-21-12-11-18-7-5-6-8-19(18)17-21/h2-12,17,22-24,33H,13-16H2,1H3,(H,30,34)(H,31,35)/t22-,23-,24?,28+,29?/m0/s1. The van der Waals surface area contributed by atoms with Crippen molar-refractivity contribution in [2.75, 3.05) is 23.8 Å². The normalized spacial score (nSPS) is 29.9. The fourth-order valence-corrected chi connectivity index (χ4v) is 6.69. The summed E-state index contributed by atoms with van der Waals surface area (Å²) in [5.74, 6) is -2.58. The molecule has 0 aromatic heterocycles. The van der Waals surface area contributed by atoms with Gasteiger partial charge in [0.1, 0.15) is 11.6 Å². The molecule has 3 aromatic rings. The zero-order valence-electron chi connectivity index (χ0n) is 20.5. The highest BCUT2D eigenvalue weighted by molar-refractivity contribution is 6.05. The van der Waals surface area contributed by atoms with Gasteiger partial charge in [0.15, 0.2) is 0 Å². The number of anilines is 2. The number of ether oxygens (including phenoxy) is 1. The molecular weight excluding hydrogens is 470 g/mol. The predicted octanol–water partition coefficient (Wildman–Crippen LogP) is 3.17. The van der Waals surface area contributed by atoms with Gasteiger partial charge in [-0.15, -0.1) is 0 Å². The number of amides is 3. The molecule has 8 nitrogen and oxygen atoms in total.